The summed E-state index contributed by atoms with van der Waals surface area (Å²) in [6.07, 6.45) is 1.85. The second-order valence-electron chi connectivity index (χ2n) is 5.28. The molecule has 2 aliphatic heterocycles. The van der Waals surface area contributed by atoms with Gasteiger partial charge in [0.15, 0.2) is 0 Å². The summed E-state index contributed by atoms with van der Waals surface area (Å²) in [5, 5.41) is 0. The van der Waals surface area contributed by atoms with E-state index in [4.69, 9.17) is 9.47 Å². The lowest BCUT2D eigenvalue weighted by molar-refractivity contribution is -0.144. The molecule has 3 rings (SSSR count). The number of methoxy groups -OCH3 is 1. The Morgan fingerprint density at radius 1 is 1.32 bits per heavy atom. The van der Waals surface area contributed by atoms with E-state index >= 15 is 0 Å². The van der Waals surface area contributed by atoms with Gasteiger partial charge in [0.25, 0.3) is 0 Å². The summed E-state index contributed by atoms with van der Waals surface area (Å²) in [6, 6.07) is 8.05. The van der Waals surface area contributed by atoms with Gasteiger partial charge in [-0.15, -0.1) is 0 Å². The summed E-state index contributed by atoms with van der Waals surface area (Å²) in [7, 11) is 3.55. The van der Waals surface area contributed by atoms with E-state index in [0.717, 1.165) is 24.2 Å². The Morgan fingerprint density at radius 2 is 2.05 bits per heavy atom. The predicted octanol–water partition coefficient (Wildman–Crippen LogP) is 2.00. The number of ether oxygens (including phenoxy) is 2. The summed E-state index contributed by atoms with van der Waals surface area (Å²) >= 11 is 0. The highest BCUT2D eigenvalue weighted by Gasteiger charge is 2.43. The molecule has 0 bridgehead atoms. The van der Waals surface area contributed by atoms with Gasteiger partial charge in [-0.05, 0) is 30.5 Å². The van der Waals surface area contributed by atoms with Crippen molar-refractivity contribution in [2.24, 2.45) is 5.92 Å². The van der Waals surface area contributed by atoms with Crippen molar-refractivity contribution in [3.05, 3.63) is 29.8 Å². The first-order chi connectivity index (χ1) is 9.20. The van der Waals surface area contributed by atoms with Crippen molar-refractivity contribution in [1.29, 1.82) is 0 Å². The molecule has 0 radical (unpaired) electrons. The molecule has 0 aromatic heterocycles. The minimum atomic E-state index is 0.0690. The molecule has 0 saturated carbocycles. The SMILES string of the molecule is COc1ccc(C2CC3OCCC3C(=O)N2C)cc1. The van der Waals surface area contributed by atoms with Crippen molar-refractivity contribution < 1.29 is 14.3 Å². The molecule has 2 fully saturated rings. The lowest BCUT2D eigenvalue weighted by Crippen LogP contribution is -2.45. The van der Waals surface area contributed by atoms with Gasteiger partial charge in [-0.3, -0.25) is 4.79 Å². The Hall–Kier alpha value is -1.55. The van der Waals surface area contributed by atoms with Gasteiger partial charge in [0, 0.05) is 13.7 Å². The molecule has 0 spiro atoms. The van der Waals surface area contributed by atoms with Crippen LogP contribution in [0.3, 0.4) is 0 Å². The number of hydrogen-bond acceptors (Lipinski definition) is 3. The number of amides is 1. The van der Waals surface area contributed by atoms with Gasteiger partial charge in [-0.1, -0.05) is 12.1 Å². The molecule has 2 aliphatic rings. The minimum Gasteiger partial charge on any atom is -0.497 e. The van der Waals surface area contributed by atoms with E-state index in [1.165, 1.54) is 0 Å². The summed E-state index contributed by atoms with van der Waals surface area (Å²) in [5.74, 6) is 1.12. The first-order valence-corrected chi connectivity index (χ1v) is 6.73. The fourth-order valence-electron chi connectivity index (χ4n) is 3.14. The highest BCUT2D eigenvalue weighted by molar-refractivity contribution is 5.81. The number of piperidine rings is 1. The predicted molar refractivity (Wildman–Crippen MR) is 71.0 cm³/mol. The molecule has 0 aliphatic carbocycles. The third-order valence-electron chi connectivity index (χ3n) is 4.30. The summed E-state index contributed by atoms with van der Waals surface area (Å²) < 4.78 is 10.9. The molecule has 1 aromatic rings. The van der Waals surface area contributed by atoms with E-state index in [-0.39, 0.29) is 24.0 Å². The maximum absolute atomic E-state index is 12.3. The Labute approximate surface area is 113 Å². The minimum absolute atomic E-state index is 0.0690. The van der Waals surface area contributed by atoms with Gasteiger partial charge in [-0.25, -0.2) is 0 Å². The number of carbonyl (C=O) groups is 1. The maximum atomic E-state index is 12.3. The number of nitrogens with zero attached hydrogens (tertiary/aromatic N) is 1. The van der Waals surface area contributed by atoms with Crippen LogP contribution in [0.4, 0.5) is 0 Å². The molecule has 4 heteroatoms. The van der Waals surface area contributed by atoms with E-state index in [0.29, 0.717) is 6.61 Å². The van der Waals surface area contributed by atoms with Crippen molar-refractivity contribution >= 4 is 5.91 Å². The van der Waals surface area contributed by atoms with Crippen LogP contribution < -0.4 is 4.74 Å². The molecular formula is C15H19NO3. The van der Waals surface area contributed by atoms with Crippen LogP contribution in [0.1, 0.15) is 24.4 Å². The van der Waals surface area contributed by atoms with E-state index in [9.17, 15) is 4.79 Å². The normalized spacial score (nSPS) is 30.3. The molecular weight excluding hydrogens is 242 g/mol. The largest absolute Gasteiger partial charge is 0.497 e. The summed E-state index contributed by atoms with van der Waals surface area (Å²) in [4.78, 5) is 14.2. The standard InChI is InChI=1S/C15H19NO3/c1-16-13(10-3-5-11(18-2)6-4-10)9-14-12(15(16)17)7-8-19-14/h3-6,12-14H,7-9H2,1-2H3. The second kappa shape index (κ2) is 4.85. The van der Waals surface area contributed by atoms with E-state index < -0.39 is 0 Å². The Kier molecular flexibility index (Phi) is 3.19. The zero-order valence-corrected chi connectivity index (χ0v) is 11.3. The van der Waals surface area contributed by atoms with Crippen LogP contribution in [-0.4, -0.2) is 37.7 Å². The molecule has 19 heavy (non-hydrogen) atoms. The molecule has 4 nitrogen and oxygen atoms in total. The molecule has 0 N–H and O–H groups in total. The number of likely N-dealkylation sites (tertiary alicyclic amines) is 1. The molecule has 3 unspecified atom stereocenters. The fraction of sp³-hybridized carbons (Fsp3) is 0.533. The van der Waals surface area contributed by atoms with Gasteiger partial charge in [0.2, 0.25) is 5.91 Å². The number of rotatable bonds is 2. The van der Waals surface area contributed by atoms with E-state index in [1.54, 1.807) is 7.11 Å². The fourth-order valence-corrected chi connectivity index (χ4v) is 3.14. The topological polar surface area (TPSA) is 38.8 Å². The van der Waals surface area contributed by atoms with Crippen molar-refractivity contribution in [2.75, 3.05) is 20.8 Å². The molecule has 2 heterocycles. The lowest BCUT2D eigenvalue weighted by atomic mass is 9.86. The van der Waals surface area contributed by atoms with E-state index in [2.05, 4.69) is 0 Å². The van der Waals surface area contributed by atoms with Crippen LogP contribution in [-0.2, 0) is 9.53 Å². The highest BCUT2D eigenvalue weighted by atomic mass is 16.5. The monoisotopic (exact) mass is 261 g/mol. The number of benzene rings is 1. The third kappa shape index (κ3) is 2.10. The van der Waals surface area contributed by atoms with Crippen molar-refractivity contribution in [3.63, 3.8) is 0 Å². The van der Waals surface area contributed by atoms with Crippen LogP contribution in [0.2, 0.25) is 0 Å². The summed E-state index contributed by atoms with van der Waals surface area (Å²) in [6.45, 7) is 0.713. The molecule has 1 aromatic carbocycles. The van der Waals surface area contributed by atoms with Gasteiger partial charge in [-0.2, -0.15) is 0 Å². The van der Waals surface area contributed by atoms with Crippen LogP contribution in [0, 0.1) is 5.92 Å². The highest BCUT2D eigenvalue weighted by Crippen LogP contribution is 2.39. The Morgan fingerprint density at radius 3 is 2.74 bits per heavy atom. The average Bonchev–Trinajstić information content (AvgIpc) is 2.91. The van der Waals surface area contributed by atoms with Crippen molar-refractivity contribution in [2.45, 2.75) is 25.0 Å². The summed E-state index contributed by atoms with van der Waals surface area (Å²) in [5.41, 5.74) is 1.14. The third-order valence-corrected chi connectivity index (χ3v) is 4.30. The van der Waals surface area contributed by atoms with Gasteiger partial charge in [0.1, 0.15) is 5.75 Å². The molecule has 3 atom stereocenters. The van der Waals surface area contributed by atoms with Gasteiger partial charge in [0.05, 0.1) is 25.2 Å². The van der Waals surface area contributed by atoms with Gasteiger partial charge < -0.3 is 14.4 Å². The van der Waals surface area contributed by atoms with Gasteiger partial charge >= 0.3 is 0 Å². The van der Waals surface area contributed by atoms with Crippen molar-refractivity contribution in [1.82, 2.24) is 4.90 Å². The maximum Gasteiger partial charge on any atom is 0.228 e. The van der Waals surface area contributed by atoms with Crippen LogP contribution in [0.25, 0.3) is 0 Å². The first kappa shape index (κ1) is 12.5. The number of hydrogen-bond donors (Lipinski definition) is 0. The Balaban J connectivity index is 1.84. The van der Waals surface area contributed by atoms with Crippen LogP contribution in [0.5, 0.6) is 5.75 Å². The number of carbonyl (C=O) groups excluding carboxylic acids is 1. The van der Waals surface area contributed by atoms with Crippen LogP contribution in [0.15, 0.2) is 24.3 Å². The van der Waals surface area contributed by atoms with Crippen LogP contribution >= 0.6 is 0 Å². The second-order valence-corrected chi connectivity index (χ2v) is 5.28. The lowest BCUT2D eigenvalue weighted by Gasteiger charge is -2.38. The molecule has 1 amide bonds. The average molecular weight is 261 g/mol. The zero-order valence-electron chi connectivity index (χ0n) is 11.3. The quantitative estimate of drug-likeness (QED) is 0.817. The van der Waals surface area contributed by atoms with E-state index in [1.807, 2.05) is 36.2 Å². The Bertz CT molecular complexity index is 471. The molecule has 2 saturated heterocycles. The van der Waals surface area contributed by atoms with Crippen molar-refractivity contribution in [3.8, 4) is 5.75 Å². The number of fused-ring (bicyclic) bond motifs is 1. The molecule has 102 valence electrons. The first-order valence-electron chi connectivity index (χ1n) is 6.73. The zero-order chi connectivity index (χ0) is 13.4. The smallest absolute Gasteiger partial charge is 0.228 e.